The molecule has 0 radical (unpaired) electrons. The van der Waals surface area contributed by atoms with E-state index in [0.29, 0.717) is 0 Å². The highest BCUT2D eigenvalue weighted by Crippen LogP contribution is 2.45. The number of nitrogens with one attached hydrogen (secondary N) is 1. The van der Waals surface area contributed by atoms with Gasteiger partial charge in [0, 0.05) is 6.26 Å². The molecule has 0 aliphatic rings. The molecule has 0 bridgehead atoms. The molecule has 0 amide bonds. The van der Waals surface area contributed by atoms with Crippen molar-refractivity contribution in [3.63, 3.8) is 0 Å². The molecular formula is C2H7INO2PS. The topological polar surface area (TPSA) is 46.2 Å². The molecule has 0 aromatic heterocycles. The normalized spacial score (nSPS) is 15.9. The van der Waals surface area contributed by atoms with E-state index >= 15 is 0 Å². The van der Waals surface area contributed by atoms with Crippen LogP contribution < -0.4 is 5.09 Å². The fraction of sp³-hybridized carbons (Fsp3) is 1.00. The van der Waals surface area contributed by atoms with Crippen molar-refractivity contribution in [3.8, 4) is 0 Å². The zero-order valence-corrected chi connectivity index (χ0v) is 8.42. The quantitative estimate of drug-likeness (QED) is 0.597. The third kappa shape index (κ3) is 3.17. The van der Waals surface area contributed by atoms with Gasteiger partial charge in [0.25, 0.3) is 0 Å². The van der Waals surface area contributed by atoms with Crippen molar-refractivity contribution in [2.75, 3.05) is 13.3 Å². The van der Waals surface area contributed by atoms with Gasteiger partial charge >= 0.3 is 0 Å². The molecule has 0 rings (SSSR count). The van der Waals surface area contributed by atoms with E-state index in [2.05, 4.69) is 5.09 Å². The molecule has 0 saturated heterocycles. The van der Waals surface area contributed by atoms with Crippen molar-refractivity contribution in [3.05, 3.63) is 0 Å². The highest BCUT2D eigenvalue weighted by Gasteiger charge is 2.12. The van der Waals surface area contributed by atoms with Gasteiger partial charge in [0.2, 0.25) is 0 Å². The van der Waals surface area contributed by atoms with Crippen LogP contribution in [0, 0.1) is 0 Å². The van der Waals surface area contributed by atoms with Crippen molar-refractivity contribution in [1.82, 2.24) is 5.09 Å². The summed E-state index contributed by atoms with van der Waals surface area (Å²) in [6, 6.07) is 0. The monoisotopic (exact) mass is 267 g/mol. The Hall–Kier alpha value is 1.07. The molecule has 0 aliphatic carbocycles. The lowest BCUT2D eigenvalue weighted by molar-refractivity contribution is 0.615. The first kappa shape index (κ1) is 9.07. The Morgan fingerprint density at radius 1 is 1.62 bits per heavy atom. The van der Waals surface area contributed by atoms with Crippen LogP contribution in [0.25, 0.3) is 0 Å². The lowest BCUT2D eigenvalue weighted by Gasteiger charge is -2.01. The average Bonchev–Trinajstić information content (AvgIpc) is 1.62. The zero-order valence-electron chi connectivity index (χ0n) is 4.55. The minimum atomic E-state index is -2.81. The summed E-state index contributed by atoms with van der Waals surface area (Å²) < 4.78 is 21.0. The van der Waals surface area contributed by atoms with Gasteiger partial charge in [0.1, 0.15) is 0 Å². The predicted molar refractivity (Wildman–Crippen MR) is 44.8 cm³/mol. The van der Waals surface area contributed by atoms with Crippen LogP contribution in [0.1, 0.15) is 0 Å². The lowest BCUT2D eigenvalue weighted by atomic mass is 11.6. The second kappa shape index (κ2) is 3.29. The Bertz CT molecular complexity index is 155. The zero-order chi connectivity index (χ0) is 6.78. The van der Waals surface area contributed by atoms with Crippen LogP contribution in [0.5, 0.6) is 0 Å². The molecule has 1 N–H and O–H groups in total. The minimum Gasteiger partial charge on any atom is -0.279 e. The molecule has 6 heteroatoms. The number of hydrogen-bond donors (Lipinski definition) is 1. The van der Waals surface area contributed by atoms with Crippen molar-refractivity contribution < 1.29 is 8.42 Å². The van der Waals surface area contributed by atoms with E-state index in [1.54, 1.807) is 7.05 Å². The van der Waals surface area contributed by atoms with Crippen molar-refractivity contribution >= 4 is 36.4 Å². The minimum absolute atomic E-state index is 1.03. The molecule has 0 spiro atoms. The van der Waals surface area contributed by atoms with Gasteiger partial charge in [-0.3, -0.25) is 5.09 Å². The molecule has 3 nitrogen and oxygen atoms in total. The average molecular weight is 267 g/mol. The predicted octanol–water partition coefficient (Wildman–Crippen LogP) is 0.912. The maximum atomic E-state index is 10.5. The lowest BCUT2D eigenvalue weighted by Crippen LogP contribution is -2.01. The summed E-state index contributed by atoms with van der Waals surface area (Å²) in [5, 5.41) is 2.67. The molecule has 50 valence electrons. The van der Waals surface area contributed by atoms with Crippen LogP contribution in [0.2, 0.25) is 0 Å². The third-order valence-electron chi connectivity index (χ3n) is 0.467. The van der Waals surface area contributed by atoms with Crippen molar-refractivity contribution in [1.29, 1.82) is 0 Å². The Balaban J connectivity index is 4.04. The summed E-state index contributed by atoms with van der Waals surface area (Å²) in [6.45, 7) is 0. The van der Waals surface area contributed by atoms with Gasteiger partial charge in [-0.25, -0.2) is 8.42 Å². The fourth-order valence-corrected chi connectivity index (χ4v) is 1.49. The van der Waals surface area contributed by atoms with E-state index in [1.165, 1.54) is 6.26 Å². The van der Waals surface area contributed by atoms with Crippen molar-refractivity contribution in [2.45, 2.75) is 0 Å². The van der Waals surface area contributed by atoms with Gasteiger partial charge in [-0.1, -0.05) is 0 Å². The first-order valence-electron chi connectivity index (χ1n) is 1.82. The Kier molecular flexibility index (Phi) is 3.73. The molecule has 0 aromatic rings. The van der Waals surface area contributed by atoms with Gasteiger partial charge < -0.3 is 0 Å². The molecule has 0 saturated carbocycles. The van der Waals surface area contributed by atoms with Crippen LogP contribution in [0.15, 0.2) is 0 Å². The maximum absolute atomic E-state index is 10.5. The van der Waals surface area contributed by atoms with E-state index in [9.17, 15) is 8.42 Å². The second-order valence-electron chi connectivity index (χ2n) is 1.20. The molecule has 0 aliphatic heterocycles. The molecule has 0 heterocycles. The fourth-order valence-electron chi connectivity index (χ4n) is 0.166. The van der Waals surface area contributed by atoms with E-state index in [-0.39, 0.29) is 0 Å². The molecule has 0 aromatic carbocycles. The van der Waals surface area contributed by atoms with Crippen LogP contribution in [0.3, 0.4) is 0 Å². The molecule has 0 fully saturated rings. The van der Waals surface area contributed by atoms with Crippen LogP contribution in [-0.2, 0) is 9.46 Å². The Labute approximate surface area is 63.2 Å². The van der Waals surface area contributed by atoms with Gasteiger partial charge in [0.05, 0.1) is 0 Å². The van der Waals surface area contributed by atoms with Gasteiger partial charge in [-0.2, -0.15) is 0 Å². The molecule has 8 heavy (non-hydrogen) atoms. The standard InChI is InChI=1S/C2H7INO2PS/c1-4-7(3)8(2,5)6/h4H,1-2H3. The maximum Gasteiger partial charge on any atom is 0.187 e. The number of halogens is 1. The first-order chi connectivity index (χ1) is 3.48. The van der Waals surface area contributed by atoms with Gasteiger partial charge in [-0.05, 0) is 29.1 Å². The highest BCUT2D eigenvalue weighted by atomic mass is 127. The first-order valence-corrected chi connectivity index (χ1v) is 8.44. The molecular weight excluding hydrogens is 260 g/mol. The highest BCUT2D eigenvalue weighted by molar-refractivity contribution is 14.2. The summed E-state index contributed by atoms with van der Waals surface area (Å²) in [5.41, 5.74) is 0. The summed E-state index contributed by atoms with van der Waals surface area (Å²) in [5.74, 6) is 0. The van der Waals surface area contributed by atoms with E-state index in [1.807, 2.05) is 22.0 Å². The third-order valence-corrected chi connectivity index (χ3v) is 11.6. The van der Waals surface area contributed by atoms with E-state index < -0.39 is 14.4 Å². The SMILES string of the molecule is CNP(I)S(C)(=O)=O. The molecule has 1 atom stereocenters. The largest absolute Gasteiger partial charge is 0.279 e. The van der Waals surface area contributed by atoms with Gasteiger partial charge in [0.15, 0.2) is 14.4 Å². The summed E-state index contributed by atoms with van der Waals surface area (Å²) in [7, 11) is -1.17. The van der Waals surface area contributed by atoms with Crippen LogP contribution in [0.4, 0.5) is 0 Å². The number of rotatable bonds is 2. The second-order valence-corrected chi connectivity index (χ2v) is 11.5. The summed E-state index contributed by atoms with van der Waals surface area (Å²) in [4.78, 5) is -1.03. The summed E-state index contributed by atoms with van der Waals surface area (Å²) in [6.07, 6.45) is 1.22. The Morgan fingerprint density at radius 3 is 2.00 bits per heavy atom. The Morgan fingerprint density at radius 2 is 2.00 bits per heavy atom. The number of hydrogen-bond acceptors (Lipinski definition) is 3. The van der Waals surface area contributed by atoms with Crippen molar-refractivity contribution in [2.24, 2.45) is 0 Å². The molecule has 1 unspecified atom stereocenters. The smallest absolute Gasteiger partial charge is 0.187 e. The van der Waals surface area contributed by atoms with Crippen LogP contribution in [-0.4, -0.2) is 21.7 Å². The van der Waals surface area contributed by atoms with E-state index in [4.69, 9.17) is 0 Å². The van der Waals surface area contributed by atoms with Crippen LogP contribution >= 0.6 is 27.0 Å². The van der Waals surface area contributed by atoms with E-state index in [0.717, 1.165) is 0 Å². The van der Waals surface area contributed by atoms with Gasteiger partial charge in [-0.15, -0.1) is 0 Å². The summed E-state index contributed by atoms with van der Waals surface area (Å²) >= 11 is 1.88.